The second-order valence-electron chi connectivity index (χ2n) is 7.91. The summed E-state index contributed by atoms with van der Waals surface area (Å²) < 4.78 is 18.7. The Morgan fingerprint density at radius 2 is 1.96 bits per heavy atom. The average molecular weight is 361 g/mol. The Hall–Kier alpha value is -2.44. The first-order valence-corrected chi connectivity index (χ1v) is 8.69. The van der Waals surface area contributed by atoms with Crippen molar-refractivity contribution in [2.45, 2.75) is 39.2 Å². The number of amides is 2. The maximum atomic E-state index is 13.2. The monoisotopic (exact) mass is 361 g/mol. The van der Waals surface area contributed by atoms with E-state index in [2.05, 4.69) is 5.10 Å². The van der Waals surface area contributed by atoms with Crippen molar-refractivity contribution in [2.75, 3.05) is 20.1 Å². The van der Waals surface area contributed by atoms with E-state index in [1.807, 2.05) is 20.8 Å². The number of piperidine rings is 1. The molecule has 2 heterocycles. The molecule has 1 aromatic carbocycles. The van der Waals surface area contributed by atoms with E-state index in [0.717, 1.165) is 11.3 Å². The number of ether oxygens (including phenoxy) is 1. The fourth-order valence-corrected chi connectivity index (χ4v) is 3.52. The molecule has 1 saturated heterocycles. The molecule has 7 heteroatoms. The van der Waals surface area contributed by atoms with Gasteiger partial charge < -0.3 is 9.64 Å². The summed E-state index contributed by atoms with van der Waals surface area (Å²) in [5.74, 6) is -0.473. The fourth-order valence-electron chi connectivity index (χ4n) is 3.52. The van der Waals surface area contributed by atoms with E-state index in [-0.39, 0.29) is 18.3 Å². The van der Waals surface area contributed by atoms with E-state index in [9.17, 15) is 14.0 Å². The van der Waals surface area contributed by atoms with Crippen molar-refractivity contribution in [3.05, 3.63) is 35.6 Å². The van der Waals surface area contributed by atoms with Crippen LogP contribution in [0.1, 0.15) is 32.8 Å². The van der Waals surface area contributed by atoms with E-state index in [4.69, 9.17) is 4.74 Å². The Balaban J connectivity index is 1.89. The molecule has 0 N–H and O–H groups in total. The Morgan fingerprint density at radius 3 is 2.58 bits per heavy atom. The van der Waals surface area contributed by atoms with Gasteiger partial charge in [0.25, 0.3) is 5.91 Å². The summed E-state index contributed by atoms with van der Waals surface area (Å²) in [4.78, 5) is 27.0. The van der Waals surface area contributed by atoms with Crippen LogP contribution in [0.2, 0.25) is 0 Å². The van der Waals surface area contributed by atoms with Crippen LogP contribution in [-0.2, 0) is 16.0 Å². The van der Waals surface area contributed by atoms with Gasteiger partial charge >= 0.3 is 6.09 Å². The first-order chi connectivity index (χ1) is 12.1. The number of likely N-dealkylation sites (tertiary alicyclic amines) is 1. The highest BCUT2D eigenvalue weighted by Gasteiger charge is 2.53. The van der Waals surface area contributed by atoms with Gasteiger partial charge in [-0.1, -0.05) is 12.1 Å². The molecule has 26 heavy (non-hydrogen) atoms. The zero-order valence-corrected chi connectivity index (χ0v) is 15.6. The summed E-state index contributed by atoms with van der Waals surface area (Å²) in [5.41, 5.74) is 0.0799. The van der Waals surface area contributed by atoms with Crippen LogP contribution in [0.25, 0.3) is 0 Å². The quantitative estimate of drug-likeness (QED) is 0.814. The molecule has 0 bridgehead atoms. The molecule has 2 amide bonds. The third-order valence-corrected chi connectivity index (χ3v) is 4.68. The molecular formula is C19H24FN3O3. The van der Waals surface area contributed by atoms with Gasteiger partial charge in [-0.3, -0.25) is 4.79 Å². The summed E-state index contributed by atoms with van der Waals surface area (Å²) in [7, 11) is 1.62. The van der Waals surface area contributed by atoms with Gasteiger partial charge in [0.2, 0.25) is 0 Å². The SMILES string of the molecule is CN1N=C2CCN(C(=O)OC(C)(C)C)C[C@@]2(Cc2ccc(F)cc2)C1=O. The van der Waals surface area contributed by atoms with Gasteiger partial charge in [0.1, 0.15) is 16.8 Å². The molecule has 1 fully saturated rings. The van der Waals surface area contributed by atoms with Crippen LogP contribution in [0, 0.1) is 11.2 Å². The zero-order chi connectivity index (χ0) is 19.1. The molecular weight excluding hydrogens is 337 g/mol. The van der Waals surface area contributed by atoms with Gasteiger partial charge in [0.15, 0.2) is 0 Å². The van der Waals surface area contributed by atoms with E-state index in [1.165, 1.54) is 17.1 Å². The lowest BCUT2D eigenvalue weighted by atomic mass is 9.73. The number of carbonyl (C=O) groups is 2. The second-order valence-corrected chi connectivity index (χ2v) is 7.91. The molecule has 0 spiro atoms. The molecule has 2 aliphatic rings. The van der Waals surface area contributed by atoms with Crippen LogP contribution >= 0.6 is 0 Å². The topological polar surface area (TPSA) is 62.2 Å². The van der Waals surface area contributed by atoms with Crippen molar-refractivity contribution in [1.82, 2.24) is 9.91 Å². The van der Waals surface area contributed by atoms with Crippen molar-refractivity contribution < 1.29 is 18.7 Å². The number of rotatable bonds is 2. The molecule has 140 valence electrons. The largest absolute Gasteiger partial charge is 0.444 e. The normalized spacial score (nSPS) is 23.0. The first kappa shape index (κ1) is 18.4. The van der Waals surface area contributed by atoms with Gasteiger partial charge in [-0.05, 0) is 44.9 Å². The maximum Gasteiger partial charge on any atom is 0.410 e. The lowest BCUT2D eigenvalue weighted by Crippen LogP contribution is -2.56. The Labute approximate surface area is 152 Å². The van der Waals surface area contributed by atoms with Crippen LogP contribution in [0.5, 0.6) is 0 Å². The molecule has 2 aliphatic heterocycles. The average Bonchev–Trinajstić information content (AvgIpc) is 2.79. The molecule has 1 aromatic rings. The van der Waals surface area contributed by atoms with Crippen molar-refractivity contribution in [3.8, 4) is 0 Å². The van der Waals surface area contributed by atoms with Crippen LogP contribution in [0.15, 0.2) is 29.4 Å². The molecule has 6 nitrogen and oxygen atoms in total. The summed E-state index contributed by atoms with van der Waals surface area (Å²) in [6.45, 7) is 6.10. The number of hydrogen-bond donors (Lipinski definition) is 0. The lowest BCUT2D eigenvalue weighted by molar-refractivity contribution is -0.135. The van der Waals surface area contributed by atoms with Crippen molar-refractivity contribution in [1.29, 1.82) is 0 Å². The minimum absolute atomic E-state index is 0.148. The second kappa shape index (κ2) is 6.37. The van der Waals surface area contributed by atoms with Gasteiger partial charge in [0, 0.05) is 26.6 Å². The minimum atomic E-state index is -0.915. The Kier molecular flexibility index (Phi) is 4.50. The highest BCUT2D eigenvalue weighted by molar-refractivity contribution is 6.13. The number of benzene rings is 1. The number of hydrogen-bond acceptors (Lipinski definition) is 4. The minimum Gasteiger partial charge on any atom is -0.444 e. The molecule has 3 rings (SSSR count). The lowest BCUT2D eigenvalue weighted by Gasteiger charge is -2.39. The molecule has 0 saturated carbocycles. The predicted octanol–water partition coefficient (Wildman–Crippen LogP) is 2.82. The van der Waals surface area contributed by atoms with Crippen LogP contribution in [-0.4, -0.2) is 53.4 Å². The van der Waals surface area contributed by atoms with Crippen molar-refractivity contribution >= 4 is 17.7 Å². The molecule has 0 aromatic heterocycles. The summed E-state index contributed by atoms with van der Waals surface area (Å²) >= 11 is 0. The highest BCUT2D eigenvalue weighted by atomic mass is 19.1. The number of nitrogens with zero attached hydrogens (tertiary/aromatic N) is 3. The first-order valence-electron chi connectivity index (χ1n) is 8.69. The van der Waals surface area contributed by atoms with E-state index in [1.54, 1.807) is 24.1 Å². The third-order valence-electron chi connectivity index (χ3n) is 4.68. The Bertz CT molecular complexity index is 754. The third kappa shape index (κ3) is 3.43. The smallest absolute Gasteiger partial charge is 0.410 e. The highest BCUT2D eigenvalue weighted by Crippen LogP contribution is 2.38. The van der Waals surface area contributed by atoms with Gasteiger partial charge in [-0.2, -0.15) is 5.10 Å². The van der Waals surface area contributed by atoms with E-state index >= 15 is 0 Å². The molecule has 0 aliphatic carbocycles. The van der Waals surface area contributed by atoms with Crippen LogP contribution in [0.3, 0.4) is 0 Å². The number of halogens is 1. The van der Waals surface area contributed by atoms with Crippen LogP contribution < -0.4 is 0 Å². The zero-order valence-electron chi connectivity index (χ0n) is 15.6. The Morgan fingerprint density at radius 1 is 1.31 bits per heavy atom. The van der Waals surface area contributed by atoms with E-state index < -0.39 is 17.1 Å². The number of fused-ring (bicyclic) bond motifs is 1. The molecule has 0 unspecified atom stereocenters. The van der Waals surface area contributed by atoms with Gasteiger partial charge in [-0.15, -0.1) is 0 Å². The van der Waals surface area contributed by atoms with Gasteiger partial charge in [0.05, 0.1) is 5.71 Å². The predicted molar refractivity (Wildman–Crippen MR) is 95.2 cm³/mol. The van der Waals surface area contributed by atoms with Crippen molar-refractivity contribution in [2.24, 2.45) is 10.5 Å². The fraction of sp³-hybridized carbons (Fsp3) is 0.526. The molecule has 0 radical (unpaired) electrons. The summed E-state index contributed by atoms with van der Waals surface area (Å²) in [6, 6.07) is 6.08. The summed E-state index contributed by atoms with van der Waals surface area (Å²) in [5, 5.41) is 5.74. The maximum absolute atomic E-state index is 13.2. The van der Waals surface area contributed by atoms with Gasteiger partial charge in [-0.25, -0.2) is 14.2 Å². The number of hydrazone groups is 1. The van der Waals surface area contributed by atoms with E-state index in [0.29, 0.717) is 19.4 Å². The number of carbonyl (C=O) groups excluding carboxylic acids is 2. The molecule has 1 atom stereocenters. The summed E-state index contributed by atoms with van der Waals surface area (Å²) in [6.07, 6.45) is 0.447. The van der Waals surface area contributed by atoms with Crippen LogP contribution in [0.4, 0.5) is 9.18 Å². The standard InChI is InChI=1S/C19H24FN3O3/c1-18(2,3)26-17(25)23-10-9-15-19(12-23,16(24)22(4)21-15)11-13-5-7-14(20)8-6-13/h5-8H,9-12H2,1-4H3/t19-/m1/s1. The van der Waals surface area contributed by atoms with Crippen molar-refractivity contribution in [3.63, 3.8) is 0 Å².